The molecule has 2 heterocycles. The van der Waals surface area contributed by atoms with Gasteiger partial charge in [-0.1, -0.05) is 41.1 Å². The van der Waals surface area contributed by atoms with Crippen molar-refractivity contribution >= 4 is 55.1 Å². The molecule has 3 aromatic rings. The summed E-state index contributed by atoms with van der Waals surface area (Å²) in [7, 11) is -2.40. The maximum Gasteiger partial charge on any atom is 0.325 e. The number of carbonyl (C=O) groups excluding carboxylic acids is 2. The molecule has 0 spiro atoms. The summed E-state index contributed by atoms with van der Waals surface area (Å²) in [6, 6.07) is 13.4. The van der Waals surface area contributed by atoms with Gasteiger partial charge in [-0.15, -0.1) is 0 Å². The van der Waals surface area contributed by atoms with Gasteiger partial charge in [0.05, 0.1) is 28.1 Å². The Morgan fingerprint density at radius 3 is 2.70 bits per heavy atom. The Balaban J connectivity index is 1.65. The summed E-state index contributed by atoms with van der Waals surface area (Å²) in [5.74, 6) is -1.46. The fourth-order valence-corrected chi connectivity index (χ4v) is 6.62. The lowest BCUT2D eigenvalue weighted by molar-refractivity contribution is -0.141. The molecule has 0 radical (unpaired) electrons. The van der Waals surface area contributed by atoms with E-state index in [-0.39, 0.29) is 18.0 Å². The third-order valence-electron chi connectivity index (χ3n) is 5.48. The molecule has 8 nitrogen and oxygen atoms in total. The average molecular weight is 508 g/mol. The Hall–Kier alpha value is -2.53. The normalized spacial score (nSPS) is 17.9. The lowest BCUT2D eigenvalue weighted by Gasteiger charge is -2.30. The molecule has 1 aliphatic rings. The zero-order valence-corrected chi connectivity index (χ0v) is 20.2. The first-order valence-corrected chi connectivity index (χ1v) is 12.9. The molecular weight excluding hydrogens is 486 g/mol. The summed E-state index contributed by atoms with van der Waals surface area (Å²) in [6.45, 7) is 0.307. The number of thiazole rings is 1. The van der Waals surface area contributed by atoms with Crippen LogP contribution in [0.3, 0.4) is 0 Å². The molecule has 1 aromatic heterocycles. The number of amides is 1. The molecular formula is C22H22ClN3O5S2. The van der Waals surface area contributed by atoms with E-state index in [4.69, 9.17) is 16.3 Å². The van der Waals surface area contributed by atoms with Gasteiger partial charge in [-0.25, -0.2) is 8.42 Å². The van der Waals surface area contributed by atoms with Crippen LogP contribution in [0.5, 0.6) is 0 Å². The SMILES string of the molecule is COC(=O)Cn1c(=NC(=O)C2CCCN(S(=O)(=O)c3ccccc3)C2)sc2cc(Cl)ccc21. The topological polar surface area (TPSA) is 98.0 Å². The van der Waals surface area contributed by atoms with E-state index >= 15 is 0 Å². The van der Waals surface area contributed by atoms with Crippen molar-refractivity contribution in [3.05, 3.63) is 58.4 Å². The fraction of sp³-hybridized carbons (Fsp3) is 0.318. The largest absolute Gasteiger partial charge is 0.468 e. The monoisotopic (exact) mass is 507 g/mol. The van der Waals surface area contributed by atoms with Crippen LogP contribution in [0.25, 0.3) is 10.2 Å². The molecule has 1 amide bonds. The van der Waals surface area contributed by atoms with Crippen LogP contribution in [0.15, 0.2) is 58.4 Å². The number of benzene rings is 2. The molecule has 1 atom stereocenters. The van der Waals surface area contributed by atoms with Crippen LogP contribution in [0.1, 0.15) is 12.8 Å². The lowest BCUT2D eigenvalue weighted by atomic mass is 9.99. The highest BCUT2D eigenvalue weighted by atomic mass is 35.5. The Kier molecular flexibility index (Phi) is 6.99. The maximum absolute atomic E-state index is 13.1. The molecule has 174 valence electrons. The van der Waals surface area contributed by atoms with Crippen LogP contribution in [0.2, 0.25) is 5.02 Å². The summed E-state index contributed by atoms with van der Waals surface area (Å²) in [5.41, 5.74) is 0.707. The van der Waals surface area contributed by atoms with E-state index in [2.05, 4.69) is 4.99 Å². The van der Waals surface area contributed by atoms with Crippen LogP contribution >= 0.6 is 22.9 Å². The molecule has 33 heavy (non-hydrogen) atoms. The van der Waals surface area contributed by atoms with Crippen molar-refractivity contribution in [2.45, 2.75) is 24.3 Å². The second-order valence-corrected chi connectivity index (χ2v) is 11.0. The number of sulfonamides is 1. The third kappa shape index (κ3) is 5.03. The van der Waals surface area contributed by atoms with Crippen molar-refractivity contribution < 1.29 is 22.7 Å². The first kappa shape index (κ1) is 23.6. The summed E-state index contributed by atoms with van der Waals surface area (Å²) in [4.78, 5) is 29.9. The van der Waals surface area contributed by atoms with Crippen LogP contribution < -0.4 is 4.80 Å². The number of rotatable bonds is 5. The minimum absolute atomic E-state index is 0.0628. The number of hydrogen-bond donors (Lipinski definition) is 0. The molecule has 1 aliphatic heterocycles. The lowest BCUT2D eigenvalue weighted by Crippen LogP contribution is -2.42. The number of methoxy groups -OCH3 is 1. The molecule has 4 rings (SSSR count). The zero-order chi connectivity index (χ0) is 23.6. The van der Waals surface area contributed by atoms with E-state index in [1.807, 2.05) is 0 Å². The average Bonchev–Trinajstić information content (AvgIpc) is 3.15. The predicted octanol–water partition coefficient (Wildman–Crippen LogP) is 3.06. The van der Waals surface area contributed by atoms with Gasteiger partial charge < -0.3 is 9.30 Å². The van der Waals surface area contributed by atoms with Gasteiger partial charge in [-0.05, 0) is 43.2 Å². The van der Waals surface area contributed by atoms with Gasteiger partial charge in [0.25, 0.3) is 5.91 Å². The number of carbonyl (C=O) groups is 2. The summed E-state index contributed by atoms with van der Waals surface area (Å²) >= 11 is 7.33. The molecule has 1 fully saturated rings. The minimum atomic E-state index is -3.69. The molecule has 0 aliphatic carbocycles. The standard InChI is InChI=1S/C22H22ClN3O5S2/c1-31-20(27)14-26-18-10-9-16(23)12-19(18)32-22(26)24-21(28)15-6-5-11-25(13-15)33(29,30)17-7-3-2-4-8-17/h2-4,7-10,12,15H,5-6,11,13-14H2,1H3. The molecule has 0 bridgehead atoms. The third-order valence-corrected chi connectivity index (χ3v) is 8.64. The number of halogens is 1. The molecule has 2 aromatic carbocycles. The van der Waals surface area contributed by atoms with Crippen LogP contribution in [-0.2, 0) is 30.9 Å². The Labute approximate surface area is 200 Å². The van der Waals surface area contributed by atoms with Gasteiger partial charge in [-0.3, -0.25) is 9.59 Å². The highest BCUT2D eigenvalue weighted by molar-refractivity contribution is 7.89. The smallest absolute Gasteiger partial charge is 0.325 e. The van der Waals surface area contributed by atoms with Crippen molar-refractivity contribution in [3.63, 3.8) is 0 Å². The van der Waals surface area contributed by atoms with E-state index in [1.54, 1.807) is 53.1 Å². The number of fused-ring (bicyclic) bond motifs is 1. The summed E-state index contributed by atoms with van der Waals surface area (Å²) in [6.07, 6.45) is 1.10. The highest BCUT2D eigenvalue weighted by Gasteiger charge is 2.33. The fourth-order valence-electron chi connectivity index (χ4n) is 3.77. The van der Waals surface area contributed by atoms with Gasteiger partial charge in [0, 0.05) is 18.1 Å². The second-order valence-electron chi connectivity index (χ2n) is 7.62. The van der Waals surface area contributed by atoms with Crippen LogP contribution in [-0.4, -0.2) is 49.4 Å². The predicted molar refractivity (Wildman–Crippen MR) is 125 cm³/mol. The van der Waals surface area contributed by atoms with E-state index in [0.717, 1.165) is 4.70 Å². The Morgan fingerprint density at radius 1 is 1.21 bits per heavy atom. The zero-order valence-electron chi connectivity index (χ0n) is 17.8. The van der Waals surface area contributed by atoms with Gasteiger partial charge in [-0.2, -0.15) is 9.30 Å². The Bertz CT molecular complexity index is 1370. The van der Waals surface area contributed by atoms with E-state index in [0.29, 0.717) is 34.7 Å². The van der Waals surface area contributed by atoms with Crippen molar-refractivity contribution in [2.75, 3.05) is 20.2 Å². The van der Waals surface area contributed by atoms with Gasteiger partial charge in [0.15, 0.2) is 4.80 Å². The summed E-state index contributed by atoms with van der Waals surface area (Å²) in [5, 5.41) is 0.529. The van der Waals surface area contributed by atoms with Crippen molar-refractivity contribution in [1.29, 1.82) is 0 Å². The molecule has 0 N–H and O–H groups in total. The molecule has 1 saturated heterocycles. The van der Waals surface area contributed by atoms with Gasteiger partial charge in [0.1, 0.15) is 6.54 Å². The second kappa shape index (κ2) is 9.76. The Morgan fingerprint density at radius 2 is 1.97 bits per heavy atom. The van der Waals surface area contributed by atoms with Crippen LogP contribution in [0, 0.1) is 5.92 Å². The maximum atomic E-state index is 13.1. The quantitative estimate of drug-likeness (QED) is 0.494. The van der Waals surface area contributed by atoms with E-state index < -0.39 is 27.8 Å². The van der Waals surface area contributed by atoms with Crippen molar-refractivity contribution in [2.24, 2.45) is 10.9 Å². The first-order chi connectivity index (χ1) is 15.8. The number of esters is 1. The van der Waals surface area contributed by atoms with Crippen molar-refractivity contribution in [1.82, 2.24) is 8.87 Å². The van der Waals surface area contributed by atoms with Crippen molar-refractivity contribution in [3.8, 4) is 0 Å². The van der Waals surface area contributed by atoms with Gasteiger partial charge >= 0.3 is 5.97 Å². The number of ether oxygens (including phenoxy) is 1. The van der Waals surface area contributed by atoms with E-state index in [9.17, 15) is 18.0 Å². The first-order valence-electron chi connectivity index (χ1n) is 10.3. The van der Waals surface area contributed by atoms with Crippen LogP contribution in [0.4, 0.5) is 0 Å². The number of hydrogen-bond acceptors (Lipinski definition) is 6. The number of nitrogens with zero attached hydrogens (tertiary/aromatic N) is 3. The number of piperidine rings is 1. The van der Waals surface area contributed by atoms with Gasteiger partial charge in [0.2, 0.25) is 10.0 Å². The molecule has 1 unspecified atom stereocenters. The van der Waals surface area contributed by atoms with E-state index in [1.165, 1.54) is 22.8 Å². The summed E-state index contributed by atoms with van der Waals surface area (Å²) < 4.78 is 34.5. The molecule has 0 saturated carbocycles. The number of aromatic nitrogens is 1. The molecule has 11 heteroatoms. The minimum Gasteiger partial charge on any atom is -0.468 e. The highest BCUT2D eigenvalue weighted by Crippen LogP contribution is 2.25.